The maximum atomic E-state index is 13.7. The van der Waals surface area contributed by atoms with Gasteiger partial charge in [0.25, 0.3) is 0 Å². The summed E-state index contributed by atoms with van der Waals surface area (Å²) in [4.78, 5) is 26.7. The molecule has 1 atom stereocenters. The summed E-state index contributed by atoms with van der Waals surface area (Å²) in [5.74, 6) is 1.06. The Bertz CT molecular complexity index is 1280. The standard InChI is InChI=1S/C24H26N2O7S/c1-31-17-6-8-20-18(13-17)19(27)14-24(33-20)9-11-25(15-24)34(29,30)22-12-16(5-7-21(22)32-2)26-10-3-4-23(26)28/h5-8,12-13H,3-4,9-11,14-15H2,1-2H3. The SMILES string of the molecule is COc1ccc2c(c1)C(=O)CC1(CCN(S(=O)(=O)c3cc(N4CCCC4=O)ccc3OC)C1)O2. The first-order valence-corrected chi connectivity index (χ1v) is 12.6. The zero-order valence-electron chi connectivity index (χ0n) is 19.1. The van der Waals surface area contributed by atoms with Crippen molar-refractivity contribution in [3.05, 3.63) is 42.0 Å². The third-order valence-electron chi connectivity index (χ3n) is 6.73. The molecular formula is C24H26N2O7S. The minimum atomic E-state index is -3.97. The number of hydrogen-bond donors (Lipinski definition) is 0. The fourth-order valence-corrected chi connectivity index (χ4v) is 6.63. The first-order chi connectivity index (χ1) is 16.3. The summed E-state index contributed by atoms with van der Waals surface area (Å²) in [6, 6.07) is 9.81. The van der Waals surface area contributed by atoms with Crippen molar-refractivity contribution in [2.24, 2.45) is 0 Å². The van der Waals surface area contributed by atoms with E-state index in [-0.39, 0.29) is 41.8 Å². The topological polar surface area (TPSA) is 102 Å². The first kappa shape index (κ1) is 22.7. The van der Waals surface area contributed by atoms with E-state index in [1.54, 1.807) is 35.2 Å². The number of methoxy groups -OCH3 is 2. The molecule has 0 aliphatic carbocycles. The van der Waals surface area contributed by atoms with Gasteiger partial charge in [0.15, 0.2) is 5.78 Å². The number of carbonyl (C=O) groups is 2. The largest absolute Gasteiger partial charge is 0.497 e. The average Bonchev–Trinajstić information content (AvgIpc) is 3.45. The normalized spacial score (nSPS) is 22.7. The number of fused-ring (bicyclic) bond motifs is 1. The van der Waals surface area contributed by atoms with E-state index in [1.807, 2.05) is 0 Å². The predicted octanol–water partition coefficient (Wildman–Crippen LogP) is 2.63. The molecule has 34 heavy (non-hydrogen) atoms. The van der Waals surface area contributed by atoms with Crippen molar-refractivity contribution < 1.29 is 32.2 Å². The van der Waals surface area contributed by atoms with Crippen molar-refractivity contribution in [3.8, 4) is 17.2 Å². The highest BCUT2D eigenvalue weighted by Crippen LogP contribution is 2.42. The predicted molar refractivity (Wildman–Crippen MR) is 123 cm³/mol. The molecule has 2 saturated heterocycles. The number of sulfonamides is 1. The Kier molecular flexibility index (Phi) is 5.52. The maximum absolute atomic E-state index is 13.7. The van der Waals surface area contributed by atoms with Crippen LogP contribution in [0.3, 0.4) is 0 Å². The lowest BCUT2D eigenvalue weighted by Crippen LogP contribution is -2.45. The molecule has 180 valence electrons. The van der Waals surface area contributed by atoms with Crippen LogP contribution in [0.1, 0.15) is 36.0 Å². The van der Waals surface area contributed by atoms with Crippen LogP contribution in [0.4, 0.5) is 5.69 Å². The van der Waals surface area contributed by atoms with Gasteiger partial charge in [0.2, 0.25) is 15.9 Å². The summed E-state index contributed by atoms with van der Waals surface area (Å²) < 4.78 is 45.5. The van der Waals surface area contributed by atoms with E-state index in [2.05, 4.69) is 0 Å². The first-order valence-electron chi connectivity index (χ1n) is 11.2. The highest BCUT2D eigenvalue weighted by atomic mass is 32.2. The molecule has 3 heterocycles. The monoisotopic (exact) mass is 486 g/mol. The van der Waals surface area contributed by atoms with Gasteiger partial charge in [0, 0.05) is 31.6 Å². The minimum Gasteiger partial charge on any atom is -0.497 e. The number of rotatable bonds is 5. The van der Waals surface area contributed by atoms with Crippen LogP contribution in [0.25, 0.3) is 0 Å². The van der Waals surface area contributed by atoms with Gasteiger partial charge in [-0.1, -0.05) is 0 Å². The van der Waals surface area contributed by atoms with Gasteiger partial charge >= 0.3 is 0 Å². The molecule has 3 aliphatic heterocycles. The number of nitrogens with zero attached hydrogens (tertiary/aromatic N) is 2. The van der Waals surface area contributed by atoms with Gasteiger partial charge in [-0.15, -0.1) is 0 Å². The third-order valence-corrected chi connectivity index (χ3v) is 8.59. The zero-order chi connectivity index (χ0) is 24.1. The Morgan fingerprint density at radius 1 is 1.03 bits per heavy atom. The molecule has 1 amide bonds. The molecule has 0 aromatic heterocycles. The van der Waals surface area contributed by atoms with Gasteiger partial charge in [-0.05, 0) is 42.8 Å². The summed E-state index contributed by atoms with van der Waals surface area (Å²) in [6.07, 6.45) is 1.65. The lowest BCUT2D eigenvalue weighted by Gasteiger charge is -2.34. The Morgan fingerprint density at radius 2 is 1.85 bits per heavy atom. The van der Waals surface area contributed by atoms with E-state index in [4.69, 9.17) is 14.2 Å². The summed E-state index contributed by atoms with van der Waals surface area (Å²) in [5.41, 5.74) is 0.0419. The molecule has 1 unspecified atom stereocenters. The smallest absolute Gasteiger partial charge is 0.246 e. The lowest BCUT2D eigenvalue weighted by atomic mass is 9.89. The number of hydrogen-bond acceptors (Lipinski definition) is 7. The van der Waals surface area contributed by atoms with Crippen LogP contribution in [-0.2, 0) is 14.8 Å². The van der Waals surface area contributed by atoms with Crippen molar-refractivity contribution in [1.29, 1.82) is 0 Å². The Balaban J connectivity index is 1.44. The molecule has 0 saturated carbocycles. The zero-order valence-corrected chi connectivity index (χ0v) is 19.9. The van der Waals surface area contributed by atoms with Crippen molar-refractivity contribution in [2.45, 2.75) is 36.2 Å². The van der Waals surface area contributed by atoms with Gasteiger partial charge in [-0.25, -0.2) is 8.42 Å². The fourth-order valence-electron chi connectivity index (χ4n) is 4.94. The van der Waals surface area contributed by atoms with Crippen LogP contribution in [0, 0.1) is 0 Å². The van der Waals surface area contributed by atoms with Crippen LogP contribution in [0.2, 0.25) is 0 Å². The second-order valence-electron chi connectivity index (χ2n) is 8.82. The molecule has 0 N–H and O–H groups in total. The van der Waals surface area contributed by atoms with Gasteiger partial charge in [0.05, 0.1) is 32.7 Å². The van der Waals surface area contributed by atoms with E-state index in [9.17, 15) is 18.0 Å². The molecule has 5 rings (SSSR count). The molecule has 2 aromatic rings. The van der Waals surface area contributed by atoms with Gasteiger partial charge in [0.1, 0.15) is 27.7 Å². The Hall–Kier alpha value is -3.11. The molecule has 10 heteroatoms. The Labute approximate surface area is 198 Å². The van der Waals surface area contributed by atoms with Crippen molar-refractivity contribution >= 4 is 27.4 Å². The quantitative estimate of drug-likeness (QED) is 0.640. The van der Waals surface area contributed by atoms with Gasteiger partial charge < -0.3 is 19.1 Å². The Morgan fingerprint density at radius 3 is 2.56 bits per heavy atom. The molecule has 3 aliphatic rings. The average molecular weight is 487 g/mol. The van der Waals surface area contributed by atoms with E-state index in [0.717, 1.165) is 6.42 Å². The molecular weight excluding hydrogens is 460 g/mol. The highest BCUT2D eigenvalue weighted by Gasteiger charge is 2.49. The number of carbonyl (C=O) groups excluding carboxylic acids is 2. The molecule has 9 nitrogen and oxygen atoms in total. The third kappa shape index (κ3) is 3.70. The minimum absolute atomic E-state index is 0.00322. The number of amides is 1. The maximum Gasteiger partial charge on any atom is 0.246 e. The van der Waals surface area contributed by atoms with Crippen molar-refractivity contribution in [3.63, 3.8) is 0 Å². The number of ketones is 1. The van der Waals surface area contributed by atoms with E-state index in [1.165, 1.54) is 24.6 Å². The number of anilines is 1. The molecule has 2 fully saturated rings. The van der Waals surface area contributed by atoms with Crippen LogP contribution in [-0.4, -0.2) is 63.9 Å². The molecule has 0 radical (unpaired) electrons. The van der Waals surface area contributed by atoms with Crippen molar-refractivity contribution in [2.75, 3.05) is 38.8 Å². The second-order valence-corrected chi connectivity index (χ2v) is 10.7. The lowest BCUT2D eigenvalue weighted by molar-refractivity contribution is -0.117. The second kappa shape index (κ2) is 8.28. The van der Waals surface area contributed by atoms with E-state index in [0.29, 0.717) is 42.1 Å². The van der Waals surface area contributed by atoms with Gasteiger partial charge in [-0.3, -0.25) is 9.59 Å². The highest BCUT2D eigenvalue weighted by molar-refractivity contribution is 7.89. The van der Waals surface area contributed by atoms with Gasteiger partial charge in [-0.2, -0.15) is 4.31 Å². The molecule has 1 spiro atoms. The van der Waals surface area contributed by atoms with E-state index >= 15 is 0 Å². The summed E-state index contributed by atoms with van der Waals surface area (Å²) in [5, 5.41) is 0. The molecule has 0 bridgehead atoms. The van der Waals surface area contributed by atoms with Crippen LogP contribution in [0.15, 0.2) is 41.3 Å². The van der Waals surface area contributed by atoms with Crippen molar-refractivity contribution in [1.82, 2.24) is 4.31 Å². The number of Topliss-reactive ketones (excluding diaryl/α,β-unsaturated/α-hetero) is 1. The summed E-state index contributed by atoms with van der Waals surface area (Å²) in [7, 11) is -1.03. The fraction of sp³-hybridized carbons (Fsp3) is 0.417. The van der Waals surface area contributed by atoms with Crippen LogP contribution < -0.4 is 19.1 Å². The summed E-state index contributed by atoms with van der Waals surface area (Å²) >= 11 is 0. The number of ether oxygens (including phenoxy) is 3. The number of benzene rings is 2. The van der Waals surface area contributed by atoms with Crippen LogP contribution >= 0.6 is 0 Å². The molecule has 2 aromatic carbocycles. The van der Waals surface area contributed by atoms with Crippen LogP contribution in [0.5, 0.6) is 17.2 Å². The van der Waals surface area contributed by atoms with E-state index < -0.39 is 15.6 Å². The summed E-state index contributed by atoms with van der Waals surface area (Å²) in [6.45, 7) is 0.803.